The molecule has 7 heteroatoms. The van der Waals surface area contributed by atoms with Crippen LogP contribution in [0.25, 0.3) is 0 Å². The van der Waals surface area contributed by atoms with Crippen molar-refractivity contribution < 1.29 is 9.53 Å². The van der Waals surface area contributed by atoms with Gasteiger partial charge in [-0.1, -0.05) is 31.0 Å². The molecule has 5 rings (SSSR count). The van der Waals surface area contributed by atoms with Gasteiger partial charge < -0.3 is 19.4 Å². The zero-order valence-corrected chi connectivity index (χ0v) is 19.5. The minimum absolute atomic E-state index is 0.0495. The fourth-order valence-corrected chi connectivity index (χ4v) is 4.57. The van der Waals surface area contributed by atoms with E-state index in [1.165, 1.54) is 25.7 Å². The number of carbonyl (C=O) groups is 1. The van der Waals surface area contributed by atoms with Gasteiger partial charge in [0.15, 0.2) is 11.6 Å². The highest BCUT2D eigenvalue weighted by atomic mass is 16.5. The lowest BCUT2D eigenvalue weighted by Gasteiger charge is -2.35. The van der Waals surface area contributed by atoms with Gasteiger partial charge in [0.1, 0.15) is 11.5 Å². The summed E-state index contributed by atoms with van der Waals surface area (Å²) in [5, 5.41) is 9.00. The lowest BCUT2D eigenvalue weighted by molar-refractivity contribution is 0.0746. The van der Waals surface area contributed by atoms with Crippen LogP contribution >= 0.6 is 0 Å². The Morgan fingerprint density at radius 3 is 1.76 bits per heavy atom. The van der Waals surface area contributed by atoms with E-state index in [1.807, 2.05) is 59.5 Å². The predicted octanol–water partition coefficient (Wildman–Crippen LogP) is 4.61. The van der Waals surface area contributed by atoms with Crippen LogP contribution in [0.3, 0.4) is 0 Å². The topological polar surface area (TPSA) is 61.8 Å². The fourth-order valence-electron chi connectivity index (χ4n) is 4.57. The van der Waals surface area contributed by atoms with Crippen LogP contribution in [0.1, 0.15) is 36.0 Å². The number of rotatable bonds is 5. The second-order valence-corrected chi connectivity index (χ2v) is 8.87. The third-order valence-corrected chi connectivity index (χ3v) is 6.54. The fraction of sp³-hybridized carbons (Fsp3) is 0.370. The number of amides is 1. The predicted molar refractivity (Wildman–Crippen MR) is 134 cm³/mol. The second-order valence-electron chi connectivity index (χ2n) is 8.87. The van der Waals surface area contributed by atoms with Gasteiger partial charge in [0, 0.05) is 44.8 Å². The van der Waals surface area contributed by atoms with Gasteiger partial charge in [0.2, 0.25) is 0 Å². The molecule has 34 heavy (non-hydrogen) atoms. The molecule has 0 aliphatic carbocycles. The highest BCUT2D eigenvalue weighted by molar-refractivity contribution is 5.94. The van der Waals surface area contributed by atoms with Gasteiger partial charge in [-0.3, -0.25) is 4.79 Å². The zero-order chi connectivity index (χ0) is 23.2. The van der Waals surface area contributed by atoms with Crippen LogP contribution in [-0.4, -0.2) is 60.3 Å². The van der Waals surface area contributed by atoms with Gasteiger partial charge in [-0.2, -0.15) is 0 Å². The molecule has 1 aromatic heterocycles. The number of aromatic nitrogens is 2. The van der Waals surface area contributed by atoms with Gasteiger partial charge in [-0.25, -0.2) is 0 Å². The third kappa shape index (κ3) is 5.30. The molecular formula is C27H31N5O2. The molecule has 3 heterocycles. The van der Waals surface area contributed by atoms with Crippen LogP contribution in [0.5, 0.6) is 11.5 Å². The van der Waals surface area contributed by atoms with Crippen molar-refractivity contribution in [3.8, 4) is 11.5 Å². The van der Waals surface area contributed by atoms with Crippen molar-refractivity contribution in [1.29, 1.82) is 0 Å². The smallest absolute Gasteiger partial charge is 0.253 e. The Morgan fingerprint density at radius 2 is 1.18 bits per heavy atom. The average molecular weight is 458 g/mol. The van der Waals surface area contributed by atoms with Crippen molar-refractivity contribution in [2.45, 2.75) is 25.7 Å². The molecule has 0 atom stereocenters. The van der Waals surface area contributed by atoms with E-state index >= 15 is 0 Å². The molecule has 2 aliphatic heterocycles. The van der Waals surface area contributed by atoms with Crippen molar-refractivity contribution in [2.24, 2.45) is 0 Å². The first-order chi connectivity index (χ1) is 16.8. The van der Waals surface area contributed by atoms with Crippen LogP contribution in [-0.2, 0) is 0 Å². The maximum Gasteiger partial charge on any atom is 0.253 e. The van der Waals surface area contributed by atoms with Crippen LogP contribution in [0.2, 0.25) is 0 Å². The molecule has 1 amide bonds. The molecule has 0 N–H and O–H groups in total. The standard InChI is InChI=1S/C27H31N5O2/c33-27(22-10-12-24(13-11-22)34-23-8-4-3-5-9-23)32-20-18-31(19-21-32)26-15-14-25(28-29-26)30-16-6-1-2-7-17-30/h3-5,8-15H,1-2,6-7,16-21H2. The molecule has 176 valence electrons. The lowest BCUT2D eigenvalue weighted by Crippen LogP contribution is -2.49. The Morgan fingerprint density at radius 1 is 0.618 bits per heavy atom. The minimum Gasteiger partial charge on any atom is -0.457 e. The summed E-state index contributed by atoms with van der Waals surface area (Å²) in [7, 11) is 0. The summed E-state index contributed by atoms with van der Waals surface area (Å²) in [4.78, 5) is 19.5. The third-order valence-electron chi connectivity index (χ3n) is 6.54. The number of hydrogen-bond acceptors (Lipinski definition) is 6. The van der Waals surface area contributed by atoms with E-state index in [4.69, 9.17) is 4.74 Å². The normalized spacial score (nSPS) is 16.8. The van der Waals surface area contributed by atoms with Gasteiger partial charge >= 0.3 is 0 Å². The Bertz CT molecular complexity index is 1060. The van der Waals surface area contributed by atoms with Crippen LogP contribution in [0.15, 0.2) is 66.7 Å². The first-order valence-electron chi connectivity index (χ1n) is 12.2. The quantitative estimate of drug-likeness (QED) is 0.558. The number of piperazine rings is 1. The van der Waals surface area contributed by atoms with E-state index in [1.54, 1.807) is 0 Å². The van der Waals surface area contributed by atoms with Gasteiger partial charge in [-0.05, 0) is 61.4 Å². The molecule has 0 bridgehead atoms. The SMILES string of the molecule is O=C(c1ccc(Oc2ccccc2)cc1)N1CCN(c2ccc(N3CCCCCC3)nn2)CC1. The largest absolute Gasteiger partial charge is 0.457 e. The molecule has 0 radical (unpaired) electrons. The highest BCUT2D eigenvalue weighted by Crippen LogP contribution is 2.23. The molecule has 7 nitrogen and oxygen atoms in total. The van der Waals surface area contributed by atoms with E-state index in [-0.39, 0.29) is 5.91 Å². The van der Waals surface area contributed by atoms with Gasteiger partial charge in [0.05, 0.1) is 0 Å². The van der Waals surface area contributed by atoms with Crippen molar-refractivity contribution in [3.05, 3.63) is 72.3 Å². The van der Waals surface area contributed by atoms with Gasteiger partial charge in [0.25, 0.3) is 5.91 Å². The van der Waals surface area contributed by atoms with Gasteiger partial charge in [-0.15, -0.1) is 10.2 Å². The number of hydrogen-bond donors (Lipinski definition) is 0. The number of anilines is 2. The summed E-state index contributed by atoms with van der Waals surface area (Å²) in [6.07, 6.45) is 5.05. The first-order valence-corrected chi connectivity index (χ1v) is 12.2. The maximum atomic E-state index is 13.0. The van der Waals surface area contributed by atoms with E-state index in [0.717, 1.165) is 49.3 Å². The molecule has 2 aliphatic rings. The molecular weight excluding hydrogens is 426 g/mol. The highest BCUT2D eigenvalue weighted by Gasteiger charge is 2.23. The Kier molecular flexibility index (Phi) is 6.89. The monoisotopic (exact) mass is 457 g/mol. The number of ether oxygens (including phenoxy) is 1. The molecule has 2 saturated heterocycles. The summed E-state index contributed by atoms with van der Waals surface area (Å²) in [5.41, 5.74) is 0.676. The van der Waals surface area contributed by atoms with Crippen LogP contribution < -0.4 is 14.5 Å². The van der Waals surface area contributed by atoms with Crippen LogP contribution in [0.4, 0.5) is 11.6 Å². The molecule has 0 saturated carbocycles. The number of benzene rings is 2. The van der Waals surface area contributed by atoms with Crippen LogP contribution in [0, 0.1) is 0 Å². The number of para-hydroxylation sites is 1. The molecule has 3 aromatic rings. The van der Waals surface area contributed by atoms with Crippen molar-refractivity contribution >= 4 is 17.5 Å². The Labute approximate surface area is 201 Å². The Hall–Kier alpha value is -3.61. The number of carbonyl (C=O) groups excluding carboxylic acids is 1. The van der Waals surface area contributed by atoms with E-state index in [2.05, 4.69) is 32.1 Å². The lowest BCUT2D eigenvalue weighted by atomic mass is 10.1. The van der Waals surface area contributed by atoms with E-state index in [0.29, 0.717) is 18.7 Å². The molecule has 2 fully saturated rings. The van der Waals surface area contributed by atoms with Crippen molar-refractivity contribution in [1.82, 2.24) is 15.1 Å². The number of nitrogens with zero attached hydrogens (tertiary/aromatic N) is 5. The molecule has 0 spiro atoms. The Balaban J connectivity index is 1.14. The second kappa shape index (κ2) is 10.5. The van der Waals surface area contributed by atoms with E-state index in [9.17, 15) is 4.79 Å². The van der Waals surface area contributed by atoms with Crippen molar-refractivity contribution in [3.63, 3.8) is 0 Å². The summed E-state index contributed by atoms with van der Waals surface area (Å²) in [6, 6.07) is 21.1. The zero-order valence-electron chi connectivity index (χ0n) is 19.5. The van der Waals surface area contributed by atoms with Crippen molar-refractivity contribution in [2.75, 3.05) is 49.1 Å². The summed E-state index contributed by atoms with van der Waals surface area (Å²) >= 11 is 0. The maximum absolute atomic E-state index is 13.0. The summed E-state index contributed by atoms with van der Waals surface area (Å²) < 4.78 is 5.83. The molecule has 0 unspecified atom stereocenters. The van der Waals surface area contributed by atoms with E-state index < -0.39 is 0 Å². The summed E-state index contributed by atoms with van der Waals surface area (Å²) in [5.74, 6) is 3.40. The summed E-state index contributed by atoms with van der Waals surface area (Å²) in [6.45, 7) is 4.95. The first kappa shape index (κ1) is 22.2. The average Bonchev–Trinajstić information content (AvgIpc) is 3.19. The minimum atomic E-state index is 0.0495. The molecule has 2 aromatic carbocycles.